The number of piperidine rings is 1. The number of hydrogen-bond donors (Lipinski definition) is 0. The normalized spacial score (nSPS) is 23.9. The van der Waals surface area contributed by atoms with E-state index in [1.807, 2.05) is 24.0 Å². The lowest BCUT2D eigenvalue weighted by molar-refractivity contribution is -0.137. The maximum absolute atomic E-state index is 13.2. The second kappa shape index (κ2) is 6.82. The molecule has 2 atom stereocenters. The number of carbonyl (C=O) groups excluding carboxylic acids is 1. The van der Waals surface area contributed by atoms with Gasteiger partial charge in [0.1, 0.15) is 0 Å². The summed E-state index contributed by atoms with van der Waals surface area (Å²) >= 11 is 0. The third kappa shape index (κ3) is 3.23. The molecule has 0 radical (unpaired) electrons. The molecule has 2 aliphatic rings. The molecule has 132 valence electrons. The Hall–Kier alpha value is -2.44. The first-order chi connectivity index (χ1) is 12.2. The number of aryl methyl sites for hydroxylation is 1. The fraction of sp³-hybridized carbons (Fsp3) is 0.556. The molecule has 2 aromatic rings. The van der Waals surface area contributed by atoms with Gasteiger partial charge < -0.3 is 14.3 Å². The van der Waals surface area contributed by atoms with Crippen LogP contribution in [0, 0.1) is 12.8 Å². The lowest BCUT2D eigenvalue weighted by atomic mass is 9.96. The van der Waals surface area contributed by atoms with E-state index in [2.05, 4.69) is 20.0 Å². The van der Waals surface area contributed by atoms with Crippen LogP contribution in [0.15, 0.2) is 29.0 Å². The fourth-order valence-electron chi connectivity index (χ4n) is 3.92. The van der Waals surface area contributed by atoms with E-state index in [-0.39, 0.29) is 17.9 Å². The molecule has 0 unspecified atom stereocenters. The molecule has 0 N–H and O–H groups in total. The third-order valence-corrected chi connectivity index (χ3v) is 5.12. The number of hydrogen-bond acceptors (Lipinski definition) is 6. The topological polar surface area (TPSA) is 75.4 Å². The Morgan fingerprint density at radius 3 is 2.76 bits per heavy atom. The van der Waals surface area contributed by atoms with Crippen LogP contribution in [-0.2, 0) is 4.79 Å². The van der Waals surface area contributed by atoms with Gasteiger partial charge in [0.15, 0.2) is 5.76 Å². The zero-order valence-corrected chi connectivity index (χ0v) is 14.5. The van der Waals surface area contributed by atoms with Crippen LogP contribution < -0.4 is 4.90 Å². The minimum absolute atomic E-state index is 0.0119. The zero-order chi connectivity index (χ0) is 17.2. The molecule has 2 saturated heterocycles. The summed E-state index contributed by atoms with van der Waals surface area (Å²) in [6, 6.07) is 3.78. The van der Waals surface area contributed by atoms with Crippen LogP contribution in [0.1, 0.15) is 43.2 Å². The van der Waals surface area contributed by atoms with E-state index in [1.54, 1.807) is 12.4 Å². The molecule has 7 nitrogen and oxygen atoms in total. The van der Waals surface area contributed by atoms with Crippen LogP contribution in [0.5, 0.6) is 0 Å². The van der Waals surface area contributed by atoms with Gasteiger partial charge in [-0.25, -0.2) is 9.97 Å². The second-order valence-corrected chi connectivity index (χ2v) is 6.89. The monoisotopic (exact) mass is 341 g/mol. The molecule has 25 heavy (non-hydrogen) atoms. The molecule has 0 saturated carbocycles. The standard InChI is InChI=1S/C18H23N5O2/c1-13-11-16(25-21-13)15-6-3-10-23(15)17(24)14-5-2-9-22(12-14)18-19-7-4-8-20-18/h4,7-8,11,14-15H,2-3,5-6,9-10,12H2,1H3/t14-,15+/m0/s1. The van der Waals surface area contributed by atoms with Crippen molar-refractivity contribution in [3.8, 4) is 0 Å². The van der Waals surface area contributed by atoms with Crippen LogP contribution in [-0.4, -0.2) is 45.6 Å². The summed E-state index contributed by atoms with van der Waals surface area (Å²) in [5.41, 5.74) is 0.861. The van der Waals surface area contributed by atoms with Crippen LogP contribution in [0.3, 0.4) is 0 Å². The molecule has 4 rings (SSSR count). The predicted molar refractivity (Wildman–Crippen MR) is 91.9 cm³/mol. The molecule has 2 fully saturated rings. The van der Waals surface area contributed by atoms with E-state index in [0.29, 0.717) is 12.5 Å². The lowest BCUT2D eigenvalue weighted by Gasteiger charge is -2.35. The van der Waals surface area contributed by atoms with Gasteiger partial charge in [-0.05, 0) is 38.7 Å². The van der Waals surface area contributed by atoms with E-state index >= 15 is 0 Å². The number of amides is 1. The van der Waals surface area contributed by atoms with Gasteiger partial charge in [0.05, 0.1) is 17.7 Å². The summed E-state index contributed by atoms with van der Waals surface area (Å²) < 4.78 is 5.43. The Bertz CT molecular complexity index is 732. The highest BCUT2D eigenvalue weighted by Gasteiger charge is 2.37. The van der Waals surface area contributed by atoms with Crippen molar-refractivity contribution in [2.24, 2.45) is 5.92 Å². The van der Waals surface area contributed by atoms with Crippen molar-refractivity contribution < 1.29 is 9.32 Å². The lowest BCUT2D eigenvalue weighted by Crippen LogP contribution is -2.45. The van der Waals surface area contributed by atoms with Crippen molar-refractivity contribution >= 4 is 11.9 Å². The summed E-state index contributed by atoms with van der Waals surface area (Å²) in [4.78, 5) is 25.9. The Kier molecular flexibility index (Phi) is 4.38. The number of aromatic nitrogens is 3. The average molecular weight is 341 g/mol. The molecule has 2 aliphatic heterocycles. The first-order valence-corrected chi connectivity index (χ1v) is 8.98. The van der Waals surface area contributed by atoms with Crippen LogP contribution >= 0.6 is 0 Å². The van der Waals surface area contributed by atoms with Gasteiger partial charge >= 0.3 is 0 Å². The van der Waals surface area contributed by atoms with E-state index in [9.17, 15) is 4.79 Å². The minimum Gasteiger partial charge on any atom is -0.359 e. The Labute approximate surface area is 147 Å². The van der Waals surface area contributed by atoms with Gasteiger partial charge in [-0.2, -0.15) is 0 Å². The molecule has 1 amide bonds. The van der Waals surface area contributed by atoms with E-state index < -0.39 is 0 Å². The number of carbonyl (C=O) groups is 1. The predicted octanol–water partition coefficient (Wildman–Crippen LogP) is 2.35. The fourth-order valence-corrected chi connectivity index (χ4v) is 3.92. The van der Waals surface area contributed by atoms with E-state index in [0.717, 1.165) is 50.2 Å². The molecule has 2 aromatic heterocycles. The van der Waals surface area contributed by atoms with E-state index in [1.165, 1.54) is 0 Å². The summed E-state index contributed by atoms with van der Waals surface area (Å²) in [6.45, 7) is 4.29. The van der Waals surface area contributed by atoms with Crippen molar-refractivity contribution in [3.05, 3.63) is 36.0 Å². The molecule has 0 spiro atoms. The summed E-state index contributed by atoms with van der Waals surface area (Å²) in [5.74, 6) is 1.73. The van der Waals surface area contributed by atoms with Crippen LogP contribution in [0.25, 0.3) is 0 Å². The second-order valence-electron chi connectivity index (χ2n) is 6.89. The first-order valence-electron chi connectivity index (χ1n) is 8.98. The minimum atomic E-state index is -0.0119. The van der Waals surface area contributed by atoms with Crippen molar-refractivity contribution in [1.82, 2.24) is 20.0 Å². The van der Waals surface area contributed by atoms with Gasteiger partial charge in [0.25, 0.3) is 0 Å². The van der Waals surface area contributed by atoms with Crippen LogP contribution in [0.4, 0.5) is 5.95 Å². The Balaban J connectivity index is 1.48. The Morgan fingerprint density at radius 2 is 2.00 bits per heavy atom. The smallest absolute Gasteiger partial charge is 0.228 e. The first kappa shape index (κ1) is 16.1. The molecule has 0 aliphatic carbocycles. The summed E-state index contributed by atoms with van der Waals surface area (Å²) in [6.07, 6.45) is 7.34. The third-order valence-electron chi connectivity index (χ3n) is 5.12. The van der Waals surface area contributed by atoms with Crippen molar-refractivity contribution in [3.63, 3.8) is 0 Å². The van der Waals surface area contributed by atoms with Crippen LogP contribution in [0.2, 0.25) is 0 Å². The highest BCUT2D eigenvalue weighted by atomic mass is 16.5. The number of rotatable bonds is 3. The SMILES string of the molecule is Cc1cc([C@H]2CCCN2C(=O)[C@H]2CCCN(c3ncccn3)C2)on1. The van der Waals surface area contributed by atoms with Gasteiger partial charge in [-0.15, -0.1) is 0 Å². The molecule has 7 heteroatoms. The quantitative estimate of drug-likeness (QED) is 0.853. The largest absolute Gasteiger partial charge is 0.359 e. The van der Waals surface area contributed by atoms with Gasteiger partial charge in [0, 0.05) is 38.1 Å². The molecular weight excluding hydrogens is 318 g/mol. The highest BCUT2D eigenvalue weighted by molar-refractivity contribution is 5.80. The van der Waals surface area contributed by atoms with Gasteiger partial charge in [-0.1, -0.05) is 5.16 Å². The average Bonchev–Trinajstić information content (AvgIpc) is 3.30. The number of anilines is 1. The highest BCUT2D eigenvalue weighted by Crippen LogP contribution is 2.34. The molecule has 0 aromatic carbocycles. The molecule has 4 heterocycles. The van der Waals surface area contributed by atoms with Crippen molar-refractivity contribution in [2.75, 3.05) is 24.5 Å². The van der Waals surface area contributed by atoms with Gasteiger partial charge in [0.2, 0.25) is 11.9 Å². The van der Waals surface area contributed by atoms with Gasteiger partial charge in [-0.3, -0.25) is 4.79 Å². The maximum Gasteiger partial charge on any atom is 0.228 e. The zero-order valence-electron chi connectivity index (χ0n) is 14.5. The number of nitrogens with zero attached hydrogens (tertiary/aromatic N) is 5. The van der Waals surface area contributed by atoms with Crippen molar-refractivity contribution in [2.45, 2.75) is 38.6 Å². The maximum atomic E-state index is 13.2. The summed E-state index contributed by atoms with van der Waals surface area (Å²) in [7, 11) is 0. The molecule has 0 bridgehead atoms. The summed E-state index contributed by atoms with van der Waals surface area (Å²) in [5, 5.41) is 3.98. The van der Waals surface area contributed by atoms with Crippen molar-refractivity contribution in [1.29, 1.82) is 0 Å². The number of likely N-dealkylation sites (tertiary alicyclic amines) is 1. The van der Waals surface area contributed by atoms with E-state index in [4.69, 9.17) is 4.52 Å². The molecular formula is C18H23N5O2. The Morgan fingerprint density at radius 1 is 1.20 bits per heavy atom.